The van der Waals surface area contributed by atoms with Crippen LogP contribution in [0.2, 0.25) is 0 Å². The van der Waals surface area contributed by atoms with Gasteiger partial charge < -0.3 is 0 Å². The van der Waals surface area contributed by atoms with Gasteiger partial charge in [-0.1, -0.05) is 101 Å². The predicted octanol–water partition coefficient (Wildman–Crippen LogP) is 14.6. The number of alkyl halides is 24. The lowest BCUT2D eigenvalue weighted by Gasteiger charge is -2.46. The minimum atomic E-state index is -6.13. The van der Waals surface area contributed by atoms with Gasteiger partial charge in [0.25, 0.3) is 0 Å². The van der Waals surface area contributed by atoms with E-state index in [0.29, 0.717) is 10.5 Å². The topological polar surface area (TPSA) is 81.7 Å². The Morgan fingerprint density at radius 3 is 0.852 bits per heavy atom. The van der Waals surface area contributed by atoms with E-state index in [1.807, 2.05) is 0 Å². The maximum Gasteiger partial charge on any atom is 0.416 e. The summed E-state index contributed by atoms with van der Waals surface area (Å²) in [5.41, 5.74) is -29.8. The van der Waals surface area contributed by atoms with Crippen LogP contribution in [0.15, 0.2) is 150 Å². The zero-order valence-electron chi connectivity index (χ0n) is 39.5. The molecule has 0 bridgehead atoms. The number of carbonyl (C=O) groups is 1. The highest BCUT2D eigenvalue weighted by Crippen LogP contribution is 2.41. The van der Waals surface area contributed by atoms with Crippen LogP contribution in [-0.2, 0) is 63.6 Å². The number of nitriles is 2. The molecule has 0 amide bonds. The summed E-state index contributed by atoms with van der Waals surface area (Å²) in [6.45, 7) is 0. The van der Waals surface area contributed by atoms with Crippen LogP contribution in [0.1, 0.15) is 54.9 Å². The van der Waals surface area contributed by atoms with Gasteiger partial charge in [-0.25, -0.2) is 0 Å². The summed E-state index contributed by atoms with van der Waals surface area (Å²) in [7, 11) is -2.76. The molecule has 6 rings (SSSR count). The minimum absolute atomic E-state index is 0.0218. The SMILES string of the molecule is FC(F)(F)c1cc([B-](c2cc(C(F)(F)F)cc(C(F)(F)F)c2)(c2cc(C(F)(F)F)cc(C(F)(F)F)c2)c2cc(C(F)(F)F)cc(C(F)(F)F)c2)cc(C(F)(F)F)c1.N#CC(C#N)=CC[S+](=O)(CC(=O)c1ccccc1)c1ccccc1. The monoisotopic (exact) mass is 1200 g/mol. The first-order valence-corrected chi connectivity index (χ1v) is 23.7. The van der Waals surface area contributed by atoms with Crippen molar-refractivity contribution < 1.29 is 114 Å². The molecule has 81 heavy (non-hydrogen) atoms. The zero-order chi connectivity index (χ0) is 61.3. The molecule has 0 saturated carbocycles. The van der Waals surface area contributed by atoms with Crippen molar-refractivity contribution in [2.45, 2.75) is 54.3 Å². The summed E-state index contributed by atoms with van der Waals surface area (Å²) in [5.74, 6) is -0.415. The molecule has 0 saturated heterocycles. The number of nitrogens with zero attached hydrogens (tertiary/aromatic N) is 2. The number of halogens is 24. The highest BCUT2D eigenvalue weighted by molar-refractivity contribution is 8.03. The molecule has 0 aromatic heterocycles. The second kappa shape index (κ2) is 22.6. The Morgan fingerprint density at radius 1 is 0.395 bits per heavy atom. The van der Waals surface area contributed by atoms with E-state index in [9.17, 15) is 114 Å². The van der Waals surface area contributed by atoms with Gasteiger partial charge in [-0.15, -0.1) is 0 Å². The molecule has 0 aliphatic rings. The molecule has 0 heterocycles. The maximum absolute atomic E-state index is 14.2. The number of allylic oxidation sites excluding steroid dienone is 1. The van der Waals surface area contributed by atoms with Gasteiger partial charge in [0, 0.05) is 5.56 Å². The van der Waals surface area contributed by atoms with Crippen LogP contribution in [0.4, 0.5) is 105 Å². The summed E-state index contributed by atoms with van der Waals surface area (Å²) in [4.78, 5) is 13.0. The van der Waals surface area contributed by atoms with Crippen molar-refractivity contribution in [2.24, 2.45) is 0 Å². The molecule has 0 aliphatic carbocycles. The van der Waals surface area contributed by atoms with Crippen LogP contribution in [0.3, 0.4) is 0 Å². The Bertz CT molecular complexity index is 3000. The number of hydrogen-bond acceptors (Lipinski definition) is 4. The van der Waals surface area contributed by atoms with Crippen molar-refractivity contribution in [3.63, 3.8) is 0 Å². The highest BCUT2D eigenvalue weighted by atomic mass is 32.2. The average molecular weight is 1200 g/mol. The van der Waals surface area contributed by atoms with E-state index in [0.717, 1.165) is 0 Å². The van der Waals surface area contributed by atoms with Crippen molar-refractivity contribution in [1.82, 2.24) is 0 Å². The van der Waals surface area contributed by atoms with Crippen molar-refractivity contribution in [1.29, 1.82) is 10.5 Å². The summed E-state index contributed by atoms with van der Waals surface area (Å²) < 4.78 is 354. The molecule has 4 nitrogen and oxygen atoms in total. The largest absolute Gasteiger partial charge is 0.416 e. The van der Waals surface area contributed by atoms with Gasteiger partial charge >= 0.3 is 49.4 Å². The van der Waals surface area contributed by atoms with E-state index < -0.39 is 205 Å². The third kappa shape index (κ3) is 15.2. The van der Waals surface area contributed by atoms with E-state index in [1.165, 1.54) is 6.08 Å². The standard InChI is InChI=1S/C32H12BF24.C19H15N2O2S/c34-25(35,36)13-1-14(26(37,38)39)6-21(5-13)33(22-7-15(27(40,41)42)2-16(8-22)28(43,44)45,23-9-17(29(46,47)48)3-18(10-23)30(49,50)51)24-11-19(31(52,53)54)4-20(12-24)32(55,56)57;20-13-16(14-21)11-12-24(23,18-9-5-2-6-10-18)15-19(22)17-7-3-1-4-8-17/h1-12H;1-11H,12,15H2/q-1;+1. The predicted molar refractivity (Wildman–Crippen MR) is 243 cm³/mol. The van der Waals surface area contributed by atoms with Gasteiger partial charge in [0.1, 0.15) is 39.5 Å². The normalized spacial score (nSPS) is 13.7. The molecular formula is C51H27BF24N2O2S. The Balaban J connectivity index is 0.000000416. The van der Waals surface area contributed by atoms with Crippen molar-refractivity contribution in [3.8, 4) is 12.1 Å². The van der Waals surface area contributed by atoms with Crippen molar-refractivity contribution >= 4 is 43.7 Å². The molecule has 0 fully saturated rings. The summed E-state index contributed by atoms with van der Waals surface area (Å²) >= 11 is 0. The Kier molecular flexibility index (Phi) is 17.9. The van der Waals surface area contributed by atoms with Gasteiger partial charge in [-0.2, -0.15) is 138 Å². The van der Waals surface area contributed by atoms with E-state index in [1.54, 1.807) is 72.8 Å². The second-order valence-electron chi connectivity index (χ2n) is 17.3. The molecule has 1 unspecified atom stereocenters. The van der Waals surface area contributed by atoms with Gasteiger partial charge in [-0.3, -0.25) is 4.79 Å². The Hall–Kier alpha value is -7.76. The van der Waals surface area contributed by atoms with Crippen LogP contribution in [0, 0.1) is 22.7 Å². The zero-order valence-corrected chi connectivity index (χ0v) is 40.3. The number of benzene rings is 6. The highest BCUT2D eigenvalue weighted by Gasteiger charge is 2.47. The number of carbonyl (C=O) groups excluding carboxylic acids is 1. The third-order valence-corrected chi connectivity index (χ3v) is 14.4. The molecule has 430 valence electrons. The van der Waals surface area contributed by atoms with Crippen LogP contribution < -0.4 is 21.9 Å². The lowest BCUT2D eigenvalue weighted by atomic mass is 9.12. The van der Waals surface area contributed by atoms with Crippen LogP contribution in [0.5, 0.6) is 0 Å². The quantitative estimate of drug-likeness (QED) is 0.0450. The van der Waals surface area contributed by atoms with E-state index in [2.05, 4.69) is 0 Å². The first-order valence-electron chi connectivity index (χ1n) is 21.8. The van der Waals surface area contributed by atoms with Gasteiger partial charge in [-0.05, 0) is 42.5 Å². The number of hydrogen-bond donors (Lipinski definition) is 0. The summed E-state index contributed by atoms with van der Waals surface area (Å²) in [6.07, 6.45) is -53.5. The van der Waals surface area contributed by atoms with Crippen LogP contribution in [0.25, 0.3) is 0 Å². The molecule has 0 spiro atoms. The molecule has 0 aliphatic heterocycles. The second-order valence-corrected chi connectivity index (χ2v) is 20.0. The van der Waals surface area contributed by atoms with Crippen LogP contribution >= 0.6 is 0 Å². The molecule has 6 aromatic rings. The lowest BCUT2D eigenvalue weighted by molar-refractivity contribution is -0.144. The number of Topliss-reactive ketones (excluding diaryl/α,β-unsaturated/α-hetero) is 1. The molecular weight excluding hydrogens is 1170 g/mol. The first-order chi connectivity index (χ1) is 36.8. The average Bonchev–Trinajstić information content (AvgIpc) is 3.38. The van der Waals surface area contributed by atoms with Crippen molar-refractivity contribution in [2.75, 3.05) is 11.5 Å². The van der Waals surface area contributed by atoms with E-state index in [4.69, 9.17) is 10.5 Å². The lowest BCUT2D eigenvalue weighted by Crippen LogP contribution is -2.75. The first kappa shape index (κ1) is 64.1. The van der Waals surface area contributed by atoms with E-state index in [-0.39, 0.29) is 22.9 Å². The summed E-state index contributed by atoms with van der Waals surface area (Å²) in [6, 6.07) is 12.1. The maximum atomic E-state index is 14.2. The fourth-order valence-electron chi connectivity index (χ4n) is 8.23. The molecule has 0 N–H and O–H groups in total. The number of rotatable bonds is 10. The van der Waals surface area contributed by atoms with Crippen LogP contribution in [-0.4, -0.2) is 23.4 Å². The van der Waals surface area contributed by atoms with Gasteiger partial charge in [0.2, 0.25) is 5.78 Å². The number of ketones is 1. The summed E-state index contributed by atoms with van der Waals surface area (Å²) in [5, 5.41) is 17.7. The van der Waals surface area contributed by atoms with E-state index >= 15 is 0 Å². The Labute approximate surface area is 440 Å². The molecule has 6 aromatic carbocycles. The fourth-order valence-corrected chi connectivity index (χ4v) is 10.4. The molecule has 1 atom stereocenters. The molecule has 30 heteroatoms. The fraction of sp³-hybridized carbons (Fsp3) is 0.196. The third-order valence-electron chi connectivity index (χ3n) is 11.9. The minimum Gasteiger partial charge on any atom is -0.289 e. The van der Waals surface area contributed by atoms with Crippen molar-refractivity contribution in [3.05, 3.63) is 195 Å². The Morgan fingerprint density at radius 2 is 0.630 bits per heavy atom. The smallest absolute Gasteiger partial charge is 0.289 e. The van der Waals surface area contributed by atoms with Gasteiger partial charge in [0.15, 0.2) is 10.6 Å². The van der Waals surface area contributed by atoms with Gasteiger partial charge in [0.05, 0.1) is 44.5 Å². The molecule has 0 radical (unpaired) electrons.